The minimum absolute atomic E-state index is 0.0327. The lowest BCUT2D eigenvalue weighted by Gasteiger charge is -2.37. The van der Waals surface area contributed by atoms with Crippen LogP contribution in [0.2, 0.25) is 0 Å². The van der Waals surface area contributed by atoms with Crippen molar-refractivity contribution in [2.75, 3.05) is 20.8 Å². The second-order valence-corrected chi connectivity index (χ2v) is 7.65. The van der Waals surface area contributed by atoms with Crippen LogP contribution in [0.3, 0.4) is 0 Å². The zero-order chi connectivity index (χ0) is 21.0. The first-order valence-corrected chi connectivity index (χ1v) is 9.76. The number of rotatable bonds is 6. The Balaban J connectivity index is 2.15. The molecule has 1 unspecified atom stereocenters. The van der Waals surface area contributed by atoms with E-state index in [1.807, 2.05) is 30.3 Å². The van der Waals surface area contributed by atoms with Crippen LogP contribution in [0.25, 0.3) is 0 Å². The molecule has 0 bridgehead atoms. The molecule has 2 aromatic rings. The van der Waals surface area contributed by atoms with Crippen molar-refractivity contribution < 1.29 is 23.5 Å². The molecule has 9 heteroatoms. The van der Waals surface area contributed by atoms with Gasteiger partial charge in [-0.3, -0.25) is 4.84 Å². The fourth-order valence-electron chi connectivity index (χ4n) is 3.07. The molecular weight excluding hydrogens is 400 g/mol. The topological polar surface area (TPSA) is 65.4 Å². The maximum Gasteiger partial charge on any atom is 0.365 e. The lowest BCUT2D eigenvalue weighted by molar-refractivity contribution is -0.0806. The van der Waals surface area contributed by atoms with Crippen molar-refractivity contribution in [1.82, 2.24) is 10.1 Å². The quantitative estimate of drug-likeness (QED) is 0.719. The molecule has 154 valence electrons. The summed E-state index contributed by atoms with van der Waals surface area (Å²) in [5.74, 6) is -1.25. The van der Waals surface area contributed by atoms with Gasteiger partial charge < -0.3 is 5.11 Å². The summed E-state index contributed by atoms with van der Waals surface area (Å²) in [5, 5.41) is 16.2. The number of aliphatic hydroxyl groups excluding tert-OH is 1. The summed E-state index contributed by atoms with van der Waals surface area (Å²) < 4.78 is 28.2. The maximum absolute atomic E-state index is 14.4. The fourth-order valence-corrected chi connectivity index (χ4v) is 4.49. The summed E-state index contributed by atoms with van der Waals surface area (Å²) in [6.45, 7) is -0.0963. The summed E-state index contributed by atoms with van der Waals surface area (Å²) >= 11 is 1.15. The van der Waals surface area contributed by atoms with Crippen molar-refractivity contribution in [2.24, 2.45) is 5.10 Å². The third kappa shape index (κ3) is 4.12. The SMILES string of the molecule is CON(C)C(=O)N1N=C(c2cc(F)ccc2F)SC1(CCCO)c1ccccc1. The molecule has 0 spiro atoms. The van der Waals surface area contributed by atoms with Gasteiger partial charge in [-0.15, -0.1) is 0 Å². The highest BCUT2D eigenvalue weighted by Gasteiger charge is 2.49. The van der Waals surface area contributed by atoms with Crippen LogP contribution in [0, 0.1) is 11.6 Å². The van der Waals surface area contributed by atoms with Gasteiger partial charge in [0.25, 0.3) is 0 Å². The van der Waals surface area contributed by atoms with E-state index in [9.17, 15) is 18.7 Å². The summed E-state index contributed by atoms with van der Waals surface area (Å²) in [4.78, 5) is 17.0. The number of amides is 2. The average Bonchev–Trinajstić information content (AvgIpc) is 3.14. The van der Waals surface area contributed by atoms with Gasteiger partial charge in [0.15, 0.2) is 0 Å². The molecule has 6 nitrogen and oxygen atoms in total. The second-order valence-electron chi connectivity index (χ2n) is 6.38. The molecule has 0 radical (unpaired) electrons. The van der Waals surface area contributed by atoms with Crippen LogP contribution in [-0.2, 0) is 9.71 Å². The Morgan fingerprint density at radius 2 is 2.00 bits per heavy atom. The van der Waals surface area contributed by atoms with Crippen LogP contribution in [0.5, 0.6) is 0 Å². The number of halogens is 2. The minimum Gasteiger partial charge on any atom is -0.396 e. The van der Waals surface area contributed by atoms with Crippen LogP contribution < -0.4 is 0 Å². The molecule has 0 saturated carbocycles. The molecule has 1 aliphatic heterocycles. The number of aliphatic hydroxyl groups is 1. The molecule has 2 aromatic carbocycles. The van der Waals surface area contributed by atoms with E-state index in [1.54, 1.807) is 0 Å². The molecule has 0 aliphatic carbocycles. The third-order valence-corrected chi connectivity index (χ3v) is 6.03. The number of carbonyl (C=O) groups excluding carboxylic acids is 1. The van der Waals surface area contributed by atoms with Crippen LogP contribution >= 0.6 is 11.8 Å². The molecule has 29 heavy (non-hydrogen) atoms. The molecule has 1 heterocycles. The first-order chi connectivity index (χ1) is 13.9. The standard InChI is InChI=1S/C20H21F2N3O3S/c1-24(28-2)19(27)25-20(11-6-12-26,14-7-4-3-5-8-14)29-18(23-25)16-13-15(21)9-10-17(16)22/h3-5,7-10,13,26H,6,11-12H2,1-2H3. The highest BCUT2D eigenvalue weighted by atomic mass is 32.2. The van der Waals surface area contributed by atoms with E-state index in [0.717, 1.165) is 40.6 Å². The van der Waals surface area contributed by atoms with E-state index in [-0.39, 0.29) is 17.2 Å². The molecule has 2 amide bonds. The summed E-state index contributed by atoms with van der Waals surface area (Å²) in [6, 6.07) is 11.7. The van der Waals surface area contributed by atoms with E-state index < -0.39 is 22.5 Å². The van der Waals surface area contributed by atoms with Crippen molar-refractivity contribution in [3.05, 3.63) is 71.3 Å². The van der Waals surface area contributed by atoms with Gasteiger partial charge in [-0.2, -0.15) is 10.1 Å². The zero-order valence-corrected chi connectivity index (χ0v) is 16.8. The number of hydroxylamine groups is 2. The smallest absolute Gasteiger partial charge is 0.365 e. The molecule has 0 saturated heterocycles. The van der Waals surface area contributed by atoms with Gasteiger partial charge in [0, 0.05) is 19.2 Å². The predicted octanol–water partition coefficient (Wildman–Crippen LogP) is 3.91. The van der Waals surface area contributed by atoms with Crippen LogP contribution in [0.15, 0.2) is 53.6 Å². The van der Waals surface area contributed by atoms with Gasteiger partial charge in [0.05, 0.1) is 7.11 Å². The number of hydrazone groups is 1. The average molecular weight is 421 g/mol. The summed E-state index contributed by atoms with van der Waals surface area (Å²) in [5.41, 5.74) is 0.710. The summed E-state index contributed by atoms with van der Waals surface area (Å²) in [7, 11) is 2.78. The van der Waals surface area contributed by atoms with Crippen LogP contribution in [0.4, 0.5) is 13.6 Å². The normalized spacial score (nSPS) is 18.7. The molecule has 1 aliphatic rings. The lowest BCUT2D eigenvalue weighted by atomic mass is 10.0. The van der Waals surface area contributed by atoms with Gasteiger partial charge >= 0.3 is 6.03 Å². The van der Waals surface area contributed by atoms with E-state index in [4.69, 9.17) is 4.84 Å². The van der Waals surface area contributed by atoms with Crippen molar-refractivity contribution in [3.8, 4) is 0 Å². The van der Waals surface area contributed by atoms with E-state index >= 15 is 0 Å². The van der Waals surface area contributed by atoms with Crippen LogP contribution in [-0.4, -0.2) is 47.0 Å². The molecule has 3 rings (SSSR count). The largest absolute Gasteiger partial charge is 0.396 e. The number of nitrogens with zero attached hydrogens (tertiary/aromatic N) is 3. The van der Waals surface area contributed by atoms with Gasteiger partial charge in [0.1, 0.15) is 21.5 Å². The van der Waals surface area contributed by atoms with E-state index in [0.29, 0.717) is 12.8 Å². The molecule has 0 fully saturated rings. The number of thioether (sulfide) groups is 1. The highest BCUT2D eigenvalue weighted by Crippen LogP contribution is 2.50. The van der Waals surface area contributed by atoms with Gasteiger partial charge in [-0.1, -0.05) is 42.1 Å². The molecule has 1 N–H and O–H groups in total. The third-order valence-electron chi connectivity index (χ3n) is 4.58. The van der Waals surface area contributed by atoms with Gasteiger partial charge in [-0.05, 0) is 36.6 Å². The van der Waals surface area contributed by atoms with E-state index in [2.05, 4.69) is 5.10 Å². The first-order valence-electron chi connectivity index (χ1n) is 8.94. The fraction of sp³-hybridized carbons (Fsp3) is 0.300. The molecule has 0 aromatic heterocycles. The zero-order valence-electron chi connectivity index (χ0n) is 16.0. The Hall–Kier alpha value is -2.49. The van der Waals surface area contributed by atoms with Crippen molar-refractivity contribution in [1.29, 1.82) is 0 Å². The second kappa shape index (κ2) is 8.89. The number of hydrogen-bond donors (Lipinski definition) is 1. The monoisotopic (exact) mass is 421 g/mol. The maximum atomic E-state index is 14.4. The highest BCUT2D eigenvalue weighted by molar-refractivity contribution is 8.15. The van der Waals surface area contributed by atoms with Gasteiger partial charge in [-0.25, -0.2) is 18.6 Å². The number of benzene rings is 2. The van der Waals surface area contributed by atoms with E-state index in [1.165, 1.54) is 19.2 Å². The Kier molecular flexibility index (Phi) is 6.51. The summed E-state index contributed by atoms with van der Waals surface area (Å²) in [6.07, 6.45) is 0.711. The number of hydrogen-bond acceptors (Lipinski definition) is 5. The minimum atomic E-state index is -1.05. The Morgan fingerprint density at radius 1 is 1.28 bits per heavy atom. The Labute approximate surface area is 171 Å². The van der Waals surface area contributed by atoms with Gasteiger partial charge in [0.2, 0.25) is 0 Å². The number of carbonyl (C=O) groups is 1. The molecular formula is C20H21F2N3O3S. The Bertz CT molecular complexity index is 913. The number of urea groups is 1. The van der Waals surface area contributed by atoms with Crippen molar-refractivity contribution >= 4 is 22.8 Å². The molecule has 1 atom stereocenters. The Morgan fingerprint density at radius 3 is 2.66 bits per heavy atom. The first kappa shape index (κ1) is 21.2. The van der Waals surface area contributed by atoms with Crippen molar-refractivity contribution in [3.63, 3.8) is 0 Å². The lowest BCUT2D eigenvalue weighted by Crippen LogP contribution is -2.46. The van der Waals surface area contributed by atoms with Crippen LogP contribution in [0.1, 0.15) is 24.0 Å². The van der Waals surface area contributed by atoms with Crippen molar-refractivity contribution in [2.45, 2.75) is 17.7 Å². The predicted molar refractivity (Wildman–Crippen MR) is 107 cm³/mol.